The van der Waals surface area contributed by atoms with E-state index in [2.05, 4.69) is 34.1 Å². The number of benzene rings is 1. The van der Waals surface area contributed by atoms with E-state index >= 15 is 8.78 Å². The van der Waals surface area contributed by atoms with Crippen LogP contribution in [0.5, 0.6) is 11.5 Å². The number of nitrogens with two attached hydrogens (primary N) is 1. The van der Waals surface area contributed by atoms with Gasteiger partial charge in [-0.05, 0) is 18.9 Å². The molecule has 1 aromatic heterocycles. The first-order chi connectivity index (χ1) is 19.7. The van der Waals surface area contributed by atoms with Crippen molar-refractivity contribution in [1.82, 2.24) is 20.6 Å². The van der Waals surface area contributed by atoms with E-state index < -0.39 is 29.1 Å². The molecule has 2 aromatic rings. The molecule has 1 fully saturated rings. The predicted molar refractivity (Wildman–Crippen MR) is 147 cm³/mol. The second kappa shape index (κ2) is 12.8. The van der Waals surface area contributed by atoms with Gasteiger partial charge in [-0.1, -0.05) is 18.4 Å². The number of methoxy groups -OCH3 is 3. The van der Waals surface area contributed by atoms with E-state index in [9.17, 15) is 9.59 Å². The summed E-state index contributed by atoms with van der Waals surface area (Å²) in [6, 6.07) is -0.0631. The van der Waals surface area contributed by atoms with Crippen LogP contribution in [-0.4, -0.2) is 75.3 Å². The first kappa shape index (κ1) is 29.6. The molecule has 2 aliphatic rings. The average molecular weight is 571 g/mol. The van der Waals surface area contributed by atoms with E-state index in [1.807, 2.05) is 0 Å². The summed E-state index contributed by atoms with van der Waals surface area (Å²) >= 11 is 0. The second-order valence-electron chi connectivity index (χ2n) is 9.34. The lowest BCUT2D eigenvalue weighted by Gasteiger charge is -2.28. The van der Waals surface area contributed by atoms with Crippen LogP contribution in [0.2, 0.25) is 0 Å². The number of likely N-dealkylation sites (tertiary alicyclic amines) is 1. The average Bonchev–Trinajstić information content (AvgIpc) is 3.61. The molecule has 1 saturated heterocycles. The largest absolute Gasteiger partial charge is 0.493 e. The Morgan fingerprint density at radius 1 is 1.27 bits per heavy atom. The minimum atomic E-state index is -0.988. The number of halogens is 2. The van der Waals surface area contributed by atoms with Crippen LogP contribution in [0.3, 0.4) is 0 Å². The van der Waals surface area contributed by atoms with Crippen molar-refractivity contribution in [3.63, 3.8) is 0 Å². The number of hydrogen-bond donors (Lipinski definition) is 3. The molecule has 218 valence electrons. The van der Waals surface area contributed by atoms with Gasteiger partial charge in [-0.3, -0.25) is 9.59 Å². The SMILES string of the molecule is C=CC(=O)N1CCC(N2N[C@@H](C#Cc3c(F)c(OC)cc(OC)c3F)c3c(N)ncc(C(=O)NCCCOC)c32)C1. The first-order valence-corrected chi connectivity index (χ1v) is 12.9. The van der Waals surface area contributed by atoms with Crippen molar-refractivity contribution in [2.24, 2.45) is 0 Å². The second-order valence-corrected chi connectivity index (χ2v) is 9.34. The highest BCUT2D eigenvalue weighted by Gasteiger charge is 2.40. The summed E-state index contributed by atoms with van der Waals surface area (Å²) in [5.41, 5.74) is 10.0. The predicted octanol–water partition coefficient (Wildman–Crippen LogP) is 1.93. The van der Waals surface area contributed by atoms with E-state index in [1.54, 1.807) is 17.0 Å². The van der Waals surface area contributed by atoms with Gasteiger partial charge in [0, 0.05) is 45.6 Å². The molecule has 4 N–H and O–H groups in total. The van der Waals surface area contributed by atoms with Gasteiger partial charge in [0.15, 0.2) is 23.1 Å². The number of pyridine rings is 1. The number of carbonyl (C=O) groups excluding carboxylic acids is 2. The van der Waals surface area contributed by atoms with Crippen molar-refractivity contribution in [1.29, 1.82) is 0 Å². The number of fused-ring (bicyclic) bond motifs is 1. The molecule has 41 heavy (non-hydrogen) atoms. The number of carbonyl (C=O) groups is 2. The molecule has 0 aliphatic carbocycles. The zero-order valence-corrected chi connectivity index (χ0v) is 23.1. The molecule has 0 saturated carbocycles. The Labute approximate surface area is 236 Å². The number of nitrogens with one attached hydrogen (secondary N) is 2. The molecule has 3 heterocycles. The van der Waals surface area contributed by atoms with Gasteiger partial charge in [-0.2, -0.15) is 0 Å². The third kappa shape index (κ3) is 5.89. The molecular weight excluding hydrogens is 538 g/mol. The minimum Gasteiger partial charge on any atom is -0.493 e. The number of nitrogen functional groups attached to an aromatic ring is 1. The molecule has 4 rings (SSSR count). The third-order valence-electron chi connectivity index (χ3n) is 6.90. The summed E-state index contributed by atoms with van der Waals surface area (Å²) in [7, 11) is 4.07. The summed E-state index contributed by atoms with van der Waals surface area (Å²) in [5, 5.41) is 4.59. The van der Waals surface area contributed by atoms with Crippen LogP contribution in [0.15, 0.2) is 24.9 Å². The topological polar surface area (TPSA) is 131 Å². The summed E-state index contributed by atoms with van der Waals surface area (Å²) < 4.78 is 45.1. The first-order valence-electron chi connectivity index (χ1n) is 12.9. The minimum absolute atomic E-state index is 0.0893. The van der Waals surface area contributed by atoms with Crippen LogP contribution in [-0.2, 0) is 9.53 Å². The maximum absolute atomic E-state index is 15.0. The quantitative estimate of drug-likeness (QED) is 0.235. The van der Waals surface area contributed by atoms with Crippen LogP contribution in [0, 0.1) is 23.5 Å². The van der Waals surface area contributed by atoms with Crippen LogP contribution >= 0.6 is 0 Å². The molecule has 1 unspecified atom stereocenters. The van der Waals surface area contributed by atoms with E-state index in [4.69, 9.17) is 19.9 Å². The summed E-state index contributed by atoms with van der Waals surface area (Å²) in [5.74, 6) is 2.44. The van der Waals surface area contributed by atoms with Crippen LogP contribution in [0.1, 0.15) is 40.4 Å². The Bertz CT molecular complexity index is 1380. The standard InChI is InChI=1S/C28H32F2N6O5/c1-5-22(37)35-11-9-16(15-35)36-26-18(28(38)32-10-6-12-39-2)14-33-27(31)23(26)19(34-36)8-7-17-24(29)20(40-3)13-21(41-4)25(17)30/h5,13-14,16,19,34H,1,6,9-12,15H2,2-4H3,(H2,31,33)(H,32,38)/t16?,19-/m0/s1. The fourth-order valence-corrected chi connectivity index (χ4v) is 4.84. The molecule has 2 atom stereocenters. The normalized spacial score (nSPS) is 17.5. The van der Waals surface area contributed by atoms with Crippen molar-refractivity contribution in [2.75, 3.05) is 58.3 Å². The smallest absolute Gasteiger partial charge is 0.255 e. The monoisotopic (exact) mass is 570 g/mol. The summed E-state index contributed by atoms with van der Waals surface area (Å²) in [6.07, 6.45) is 3.79. The zero-order valence-electron chi connectivity index (χ0n) is 23.1. The van der Waals surface area contributed by atoms with Gasteiger partial charge in [-0.25, -0.2) is 19.2 Å². The molecule has 1 aromatic carbocycles. The summed E-state index contributed by atoms with van der Waals surface area (Å²) in [4.78, 5) is 31.4. The Morgan fingerprint density at radius 3 is 2.61 bits per heavy atom. The molecule has 11 nitrogen and oxygen atoms in total. The lowest BCUT2D eigenvalue weighted by atomic mass is 10.0. The van der Waals surface area contributed by atoms with Crippen LogP contribution in [0.4, 0.5) is 20.3 Å². The molecule has 2 amide bonds. The van der Waals surface area contributed by atoms with E-state index in [0.29, 0.717) is 50.3 Å². The number of anilines is 2. The van der Waals surface area contributed by atoms with Crippen molar-refractivity contribution in [3.05, 3.63) is 53.2 Å². The highest BCUT2D eigenvalue weighted by molar-refractivity contribution is 6.01. The van der Waals surface area contributed by atoms with Gasteiger partial charge in [0.25, 0.3) is 5.91 Å². The number of rotatable bonds is 9. The van der Waals surface area contributed by atoms with Gasteiger partial charge < -0.3 is 35.2 Å². The third-order valence-corrected chi connectivity index (χ3v) is 6.90. The van der Waals surface area contributed by atoms with Crippen molar-refractivity contribution >= 4 is 23.3 Å². The zero-order chi connectivity index (χ0) is 29.7. The van der Waals surface area contributed by atoms with E-state index in [1.165, 1.54) is 26.5 Å². The molecule has 13 heteroatoms. The van der Waals surface area contributed by atoms with Crippen molar-refractivity contribution < 1.29 is 32.6 Å². The van der Waals surface area contributed by atoms with Gasteiger partial charge in [0.2, 0.25) is 5.91 Å². The number of aromatic nitrogens is 1. The van der Waals surface area contributed by atoms with Gasteiger partial charge >= 0.3 is 0 Å². The fraction of sp³-hybridized carbons (Fsp3) is 0.393. The number of amides is 2. The highest BCUT2D eigenvalue weighted by Crippen LogP contribution is 2.41. The number of nitrogens with zero attached hydrogens (tertiary/aromatic N) is 3. The van der Waals surface area contributed by atoms with E-state index in [0.717, 1.165) is 6.07 Å². The Morgan fingerprint density at radius 2 is 1.98 bits per heavy atom. The maximum atomic E-state index is 15.0. The maximum Gasteiger partial charge on any atom is 0.255 e. The Kier molecular flexibility index (Phi) is 9.26. The number of hydrogen-bond acceptors (Lipinski definition) is 9. The van der Waals surface area contributed by atoms with Crippen LogP contribution in [0.25, 0.3) is 0 Å². The Balaban J connectivity index is 1.77. The molecule has 0 radical (unpaired) electrons. The lowest BCUT2D eigenvalue weighted by Crippen LogP contribution is -2.45. The number of ether oxygens (including phenoxy) is 3. The van der Waals surface area contributed by atoms with E-state index in [-0.39, 0.29) is 34.8 Å². The van der Waals surface area contributed by atoms with Crippen molar-refractivity contribution in [3.8, 4) is 23.3 Å². The molecule has 0 bridgehead atoms. The van der Waals surface area contributed by atoms with Crippen LogP contribution < -0.4 is 31.0 Å². The number of hydrazine groups is 1. The fourth-order valence-electron chi connectivity index (χ4n) is 4.84. The van der Waals surface area contributed by atoms with Crippen molar-refractivity contribution in [2.45, 2.75) is 24.9 Å². The van der Waals surface area contributed by atoms with Gasteiger partial charge in [-0.15, -0.1) is 0 Å². The summed E-state index contributed by atoms with van der Waals surface area (Å²) in [6.45, 7) is 5.20. The molecule has 0 spiro atoms. The van der Waals surface area contributed by atoms with Gasteiger partial charge in [0.1, 0.15) is 17.4 Å². The lowest BCUT2D eigenvalue weighted by molar-refractivity contribution is -0.125. The molecule has 2 aliphatic heterocycles. The highest BCUT2D eigenvalue weighted by atomic mass is 19.1. The van der Waals surface area contributed by atoms with Gasteiger partial charge in [0.05, 0.1) is 37.1 Å². The Hall–Kier alpha value is -4.41. The molecular formula is C28H32F2N6O5.